The van der Waals surface area contributed by atoms with Gasteiger partial charge in [0.25, 0.3) is 0 Å². The summed E-state index contributed by atoms with van der Waals surface area (Å²) in [6, 6.07) is 0.231. The Morgan fingerprint density at radius 1 is 0.944 bits per heavy atom. The second kappa shape index (κ2) is 5.91. The topological polar surface area (TPSA) is 60.2 Å². The zero-order valence-corrected chi connectivity index (χ0v) is 12.3. The fourth-order valence-electron chi connectivity index (χ4n) is 3.82. The van der Waals surface area contributed by atoms with Gasteiger partial charge >= 0.3 is 0 Å². The van der Waals surface area contributed by atoms with Crippen molar-refractivity contribution >= 4 is 9.84 Å². The van der Waals surface area contributed by atoms with Crippen LogP contribution in [0.2, 0.25) is 0 Å². The van der Waals surface area contributed by atoms with Crippen LogP contribution >= 0.6 is 0 Å². The maximum atomic E-state index is 11.7. The zero-order valence-electron chi connectivity index (χ0n) is 11.5. The molecule has 0 aliphatic heterocycles. The van der Waals surface area contributed by atoms with Gasteiger partial charge < -0.3 is 5.73 Å². The molecule has 106 valence electrons. The highest BCUT2D eigenvalue weighted by Crippen LogP contribution is 2.36. The first kappa shape index (κ1) is 14.3. The van der Waals surface area contributed by atoms with E-state index < -0.39 is 9.84 Å². The Hall–Kier alpha value is -0.0900. The van der Waals surface area contributed by atoms with Gasteiger partial charge in [-0.1, -0.05) is 25.7 Å². The number of sulfone groups is 1. The molecular formula is C14H27NO2S. The minimum atomic E-state index is -2.88. The lowest BCUT2D eigenvalue weighted by atomic mass is 9.74. The lowest BCUT2D eigenvalue weighted by molar-refractivity contribution is 0.206. The normalized spacial score (nSPS) is 33.2. The fourth-order valence-corrected chi connectivity index (χ4v) is 5.02. The van der Waals surface area contributed by atoms with Gasteiger partial charge in [0.2, 0.25) is 0 Å². The molecule has 2 saturated carbocycles. The predicted molar refractivity (Wildman–Crippen MR) is 75.1 cm³/mol. The van der Waals surface area contributed by atoms with Crippen LogP contribution in [-0.4, -0.2) is 26.0 Å². The van der Waals surface area contributed by atoms with Crippen LogP contribution in [0.25, 0.3) is 0 Å². The Labute approximate surface area is 111 Å². The van der Waals surface area contributed by atoms with Crippen LogP contribution in [0.3, 0.4) is 0 Å². The lowest BCUT2D eigenvalue weighted by Gasteiger charge is -2.37. The zero-order chi connectivity index (χ0) is 13.2. The van der Waals surface area contributed by atoms with Gasteiger partial charge in [-0.2, -0.15) is 0 Å². The molecule has 0 aromatic heterocycles. The Bertz CT molecular complexity index is 360. The van der Waals surface area contributed by atoms with Crippen LogP contribution in [0.15, 0.2) is 0 Å². The Balaban J connectivity index is 1.95. The summed E-state index contributed by atoms with van der Waals surface area (Å²) in [5.41, 5.74) is 6.43. The molecule has 0 spiro atoms. The van der Waals surface area contributed by atoms with E-state index in [-0.39, 0.29) is 11.3 Å². The van der Waals surface area contributed by atoms with Gasteiger partial charge in [-0.05, 0) is 43.9 Å². The predicted octanol–water partition coefficient (Wildman–Crippen LogP) is 2.50. The minimum Gasteiger partial charge on any atom is -0.327 e. The fraction of sp³-hybridized carbons (Fsp3) is 1.00. The molecule has 3 unspecified atom stereocenters. The molecule has 2 fully saturated rings. The van der Waals surface area contributed by atoms with Gasteiger partial charge in [0, 0.05) is 12.3 Å². The molecule has 0 heterocycles. The van der Waals surface area contributed by atoms with Crippen molar-refractivity contribution in [2.24, 2.45) is 17.6 Å². The highest BCUT2D eigenvalue weighted by molar-refractivity contribution is 7.91. The van der Waals surface area contributed by atoms with E-state index in [1.165, 1.54) is 38.4 Å². The van der Waals surface area contributed by atoms with Crippen molar-refractivity contribution in [3.05, 3.63) is 0 Å². The largest absolute Gasteiger partial charge is 0.327 e. The summed E-state index contributed by atoms with van der Waals surface area (Å²) < 4.78 is 23.4. The molecular weight excluding hydrogens is 246 g/mol. The van der Waals surface area contributed by atoms with E-state index in [1.807, 2.05) is 0 Å². The van der Waals surface area contributed by atoms with Crippen molar-refractivity contribution in [3.63, 3.8) is 0 Å². The van der Waals surface area contributed by atoms with Crippen LogP contribution in [0.4, 0.5) is 0 Å². The summed E-state index contributed by atoms with van der Waals surface area (Å²) >= 11 is 0. The molecule has 0 aromatic rings. The second-order valence-corrected chi connectivity index (χ2v) is 8.68. The number of hydrogen-bond donors (Lipinski definition) is 1. The molecule has 0 radical (unpaired) electrons. The molecule has 2 rings (SSSR count). The smallest absolute Gasteiger partial charge is 0.150 e. The third-order valence-corrected chi connectivity index (χ3v) is 6.65. The van der Waals surface area contributed by atoms with E-state index >= 15 is 0 Å². The summed E-state index contributed by atoms with van der Waals surface area (Å²) in [5, 5.41) is -0.133. The second-order valence-electron chi connectivity index (χ2n) is 6.35. The highest BCUT2D eigenvalue weighted by atomic mass is 32.2. The van der Waals surface area contributed by atoms with Crippen molar-refractivity contribution in [1.29, 1.82) is 0 Å². The van der Waals surface area contributed by atoms with Gasteiger partial charge in [-0.15, -0.1) is 0 Å². The summed E-state index contributed by atoms with van der Waals surface area (Å²) in [5.74, 6) is 1.07. The van der Waals surface area contributed by atoms with Gasteiger partial charge in [-0.25, -0.2) is 8.42 Å². The Morgan fingerprint density at radius 3 is 2.17 bits per heavy atom. The van der Waals surface area contributed by atoms with Gasteiger partial charge in [0.1, 0.15) is 9.84 Å². The molecule has 3 nitrogen and oxygen atoms in total. The van der Waals surface area contributed by atoms with Crippen molar-refractivity contribution < 1.29 is 8.42 Å². The van der Waals surface area contributed by atoms with Crippen molar-refractivity contribution in [1.82, 2.24) is 0 Å². The van der Waals surface area contributed by atoms with Gasteiger partial charge in [0.05, 0.1) is 5.25 Å². The number of nitrogens with two attached hydrogens (primary N) is 1. The molecule has 2 aliphatic carbocycles. The summed E-state index contributed by atoms with van der Waals surface area (Å²) in [6.07, 6.45) is 11.6. The van der Waals surface area contributed by atoms with Crippen LogP contribution < -0.4 is 5.73 Å². The first-order chi connectivity index (χ1) is 8.48. The molecule has 0 saturated heterocycles. The maximum Gasteiger partial charge on any atom is 0.150 e. The first-order valence-corrected chi connectivity index (χ1v) is 9.38. The van der Waals surface area contributed by atoms with E-state index in [1.54, 1.807) is 0 Å². The highest BCUT2D eigenvalue weighted by Gasteiger charge is 2.34. The van der Waals surface area contributed by atoms with Crippen LogP contribution in [-0.2, 0) is 9.84 Å². The number of rotatable bonds is 3. The van der Waals surface area contributed by atoms with E-state index in [4.69, 9.17) is 5.73 Å². The van der Waals surface area contributed by atoms with Crippen LogP contribution in [0, 0.1) is 11.8 Å². The standard InChI is InChI=1S/C14H27NO2S/c1-18(16,17)13-9-5-8-12(10-13)14(15)11-6-3-2-4-7-11/h11-14H,2-10,15H2,1H3. The Kier molecular flexibility index (Phi) is 4.70. The summed E-state index contributed by atoms with van der Waals surface area (Å²) in [7, 11) is -2.88. The summed E-state index contributed by atoms with van der Waals surface area (Å²) in [6.45, 7) is 0. The third-order valence-electron chi connectivity index (χ3n) is 5.01. The average molecular weight is 273 g/mol. The van der Waals surface area contributed by atoms with Crippen molar-refractivity contribution in [2.45, 2.75) is 69.1 Å². The quantitative estimate of drug-likeness (QED) is 0.859. The average Bonchev–Trinajstić information content (AvgIpc) is 2.38. The Morgan fingerprint density at radius 2 is 1.56 bits per heavy atom. The van der Waals surface area contributed by atoms with Crippen molar-refractivity contribution in [3.8, 4) is 0 Å². The molecule has 4 heteroatoms. The molecule has 0 amide bonds. The number of hydrogen-bond acceptors (Lipinski definition) is 3. The first-order valence-electron chi connectivity index (χ1n) is 7.43. The SMILES string of the molecule is CS(=O)(=O)C1CCCC(C(N)C2CCCCC2)C1. The molecule has 0 bridgehead atoms. The molecule has 0 aromatic carbocycles. The summed E-state index contributed by atoms with van der Waals surface area (Å²) in [4.78, 5) is 0. The van der Waals surface area contributed by atoms with E-state index in [0.717, 1.165) is 25.7 Å². The lowest BCUT2D eigenvalue weighted by Crippen LogP contribution is -2.42. The van der Waals surface area contributed by atoms with Gasteiger partial charge in [-0.3, -0.25) is 0 Å². The maximum absolute atomic E-state index is 11.7. The molecule has 18 heavy (non-hydrogen) atoms. The van der Waals surface area contributed by atoms with Gasteiger partial charge in [0.15, 0.2) is 0 Å². The van der Waals surface area contributed by atoms with E-state index in [0.29, 0.717) is 11.8 Å². The molecule has 3 atom stereocenters. The van der Waals surface area contributed by atoms with E-state index in [9.17, 15) is 8.42 Å². The van der Waals surface area contributed by atoms with Crippen molar-refractivity contribution in [2.75, 3.05) is 6.26 Å². The minimum absolute atomic E-state index is 0.133. The molecule has 2 N–H and O–H groups in total. The van der Waals surface area contributed by atoms with Crippen LogP contribution in [0.5, 0.6) is 0 Å². The van der Waals surface area contributed by atoms with Crippen LogP contribution in [0.1, 0.15) is 57.8 Å². The molecule has 2 aliphatic rings. The van der Waals surface area contributed by atoms with E-state index in [2.05, 4.69) is 0 Å². The third kappa shape index (κ3) is 3.47. The monoisotopic (exact) mass is 273 g/mol.